The second kappa shape index (κ2) is 6.52. The smallest absolute Gasteiger partial charge is 0.240 e. The molecule has 1 aromatic carbocycles. The van der Waals surface area contributed by atoms with E-state index in [0.717, 1.165) is 22.2 Å². The van der Waals surface area contributed by atoms with Crippen LogP contribution in [0.25, 0.3) is 10.9 Å². The lowest BCUT2D eigenvalue weighted by Gasteiger charge is -2.21. The Morgan fingerprint density at radius 1 is 1.38 bits per heavy atom. The third kappa shape index (κ3) is 2.94. The minimum Gasteiger partial charge on any atom is -0.497 e. The molecule has 2 heterocycles. The fourth-order valence-corrected chi connectivity index (χ4v) is 3.21. The van der Waals surface area contributed by atoms with Gasteiger partial charge >= 0.3 is 0 Å². The van der Waals surface area contributed by atoms with Crippen LogP contribution in [-0.4, -0.2) is 54.6 Å². The number of aromatic nitrogens is 1. The van der Waals surface area contributed by atoms with E-state index in [4.69, 9.17) is 15.2 Å². The number of likely N-dealkylation sites (tertiary alicyclic amines) is 1. The molecule has 1 aromatic heterocycles. The molecule has 0 spiro atoms. The number of amides is 2. The molecule has 128 valence electrons. The minimum atomic E-state index is -0.609. The summed E-state index contributed by atoms with van der Waals surface area (Å²) in [7, 11) is 3.17. The van der Waals surface area contributed by atoms with Gasteiger partial charge in [-0.3, -0.25) is 9.59 Å². The van der Waals surface area contributed by atoms with Crippen molar-refractivity contribution in [3.05, 3.63) is 30.0 Å². The Morgan fingerprint density at radius 2 is 2.17 bits per heavy atom. The van der Waals surface area contributed by atoms with Crippen LogP contribution in [0.5, 0.6) is 5.75 Å². The highest BCUT2D eigenvalue weighted by Crippen LogP contribution is 2.26. The Kier molecular flexibility index (Phi) is 4.44. The average molecular weight is 331 g/mol. The van der Waals surface area contributed by atoms with E-state index in [0.29, 0.717) is 13.0 Å². The van der Waals surface area contributed by atoms with Crippen LogP contribution in [0.15, 0.2) is 24.4 Å². The van der Waals surface area contributed by atoms with Gasteiger partial charge in [-0.1, -0.05) is 0 Å². The summed E-state index contributed by atoms with van der Waals surface area (Å²) in [6.07, 6.45) is 2.28. The van der Waals surface area contributed by atoms with Crippen LogP contribution >= 0.6 is 0 Å². The Balaban J connectivity index is 1.82. The van der Waals surface area contributed by atoms with E-state index in [2.05, 4.69) is 4.98 Å². The fraction of sp³-hybridized carbons (Fsp3) is 0.412. The number of H-pyrrole nitrogens is 1. The molecule has 1 aliphatic heterocycles. The molecule has 2 aromatic rings. The molecule has 3 rings (SSSR count). The predicted molar refractivity (Wildman–Crippen MR) is 88.7 cm³/mol. The summed E-state index contributed by atoms with van der Waals surface area (Å²) in [6.45, 7) is 0.384. The molecule has 1 saturated heterocycles. The summed E-state index contributed by atoms with van der Waals surface area (Å²) in [5, 5.41) is 0.931. The van der Waals surface area contributed by atoms with Crippen LogP contribution in [-0.2, 0) is 20.7 Å². The number of nitrogens with one attached hydrogen (secondary N) is 1. The number of fused-ring (bicyclic) bond motifs is 1. The van der Waals surface area contributed by atoms with E-state index < -0.39 is 11.9 Å². The molecule has 0 bridgehead atoms. The molecule has 0 saturated carbocycles. The number of rotatable bonds is 5. The topological polar surface area (TPSA) is 97.7 Å². The van der Waals surface area contributed by atoms with Crippen molar-refractivity contribution in [3.8, 4) is 5.75 Å². The Hall–Kier alpha value is -2.54. The van der Waals surface area contributed by atoms with Crippen molar-refractivity contribution < 1.29 is 19.1 Å². The molecule has 2 amide bonds. The summed E-state index contributed by atoms with van der Waals surface area (Å²) in [5.41, 5.74) is 7.22. The number of hydrogen-bond donors (Lipinski definition) is 2. The molecule has 0 aliphatic carbocycles. The molecule has 0 radical (unpaired) electrons. The number of ether oxygens (including phenoxy) is 2. The largest absolute Gasteiger partial charge is 0.497 e. The van der Waals surface area contributed by atoms with Crippen molar-refractivity contribution in [3.63, 3.8) is 0 Å². The van der Waals surface area contributed by atoms with E-state index in [1.165, 1.54) is 4.90 Å². The van der Waals surface area contributed by atoms with Crippen molar-refractivity contribution in [2.75, 3.05) is 20.8 Å². The number of methoxy groups -OCH3 is 2. The number of benzene rings is 1. The summed E-state index contributed by atoms with van der Waals surface area (Å²) >= 11 is 0. The summed E-state index contributed by atoms with van der Waals surface area (Å²) in [4.78, 5) is 29.0. The third-order valence-electron chi connectivity index (χ3n) is 4.56. The first-order chi connectivity index (χ1) is 11.5. The Labute approximate surface area is 139 Å². The van der Waals surface area contributed by atoms with Gasteiger partial charge in [-0.05, 0) is 23.8 Å². The zero-order valence-corrected chi connectivity index (χ0v) is 13.7. The van der Waals surface area contributed by atoms with Crippen molar-refractivity contribution in [1.29, 1.82) is 0 Å². The molecule has 7 nitrogen and oxygen atoms in total. The van der Waals surface area contributed by atoms with Gasteiger partial charge < -0.3 is 25.1 Å². The zero-order valence-electron chi connectivity index (χ0n) is 13.7. The van der Waals surface area contributed by atoms with E-state index in [-0.39, 0.29) is 18.4 Å². The highest BCUT2D eigenvalue weighted by atomic mass is 16.5. The lowest BCUT2D eigenvalue weighted by Crippen LogP contribution is -2.44. The second-order valence-electron chi connectivity index (χ2n) is 5.96. The molecular formula is C17H21N3O4. The molecule has 1 fully saturated rings. The van der Waals surface area contributed by atoms with Gasteiger partial charge in [0.15, 0.2) is 0 Å². The molecular weight excluding hydrogens is 310 g/mol. The first-order valence-electron chi connectivity index (χ1n) is 7.79. The Bertz CT molecular complexity index is 770. The van der Waals surface area contributed by atoms with Crippen LogP contribution in [0.4, 0.5) is 0 Å². The van der Waals surface area contributed by atoms with Crippen molar-refractivity contribution >= 4 is 22.7 Å². The standard InChI is InChI=1S/C17H21N3O4/c1-23-11-3-4-14-13(6-11)10(8-19-14)5-16(21)20-9-12(24-2)7-15(20)17(18)22/h3-4,6,8,12,15,19H,5,7,9H2,1-2H3,(H2,18,22)/t12-,15-/m0/s1. The number of hydrogen-bond acceptors (Lipinski definition) is 4. The van der Waals surface area contributed by atoms with Crippen LogP contribution < -0.4 is 10.5 Å². The minimum absolute atomic E-state index is 0.137. The number of nitrogens with two attached hydrogens (primary N) is 1. The number of carbonyl (C=O) groups excluding carboxylic acids is 2. The Morgan fingerprint density at radius 3 is 2.83 bits per heavy atom. The van der Waals surface area contributed by atoms with Crippen LogP contribution in [0.1, 0.15) is 12.0 Å². The van der Waals surface area contributed by atoms with Crippen LogP contribution in [0.2, 0.25) is 0 Å². The van der Waals surface area contributed by atoms with Crippen molar-refractivity contribution in [2.45, 2.75) is 25.0 Å². The third-order valence-corrected chi connectivity index (χ3v) is 4.56. The van der Waals surface area contributed by atoms with Gasteiger partial charge in [0.25, 0.3) is 0 Å². The van der Waals surface area contributed by atoms with Gasteiger partial charge in [-0.2, -0.15) is 0 Å². The van der Waals surface area contributed by atoms with E-state index in [1.807, 2.05) is 24.4 Å². The molecule has 24 heavy (non-hydrogen) atoms. The zero-order chi connectivity index (χ0) is 17.3. The molecule has 2 atom stereocenters. The lowest BCUT2D eigenvalue weighted by molar-refractivity contribution is -0.136. The first kappa shape index (κ1) is 16.3. The van der Waals surface area contributed by atoms with E-state index in [9.17, 15) is 9.59 Å². The second-order valence-corrected chi connectivity index (χ2v) is 5.96. The van der Waals surface area contributed by atoms with Crippen molar-refractivity contribution in [2.24, 2.45) is 5.73 Å². The number of nitrogens with zero attached hydrogens (tertiary/aromatic N) is 1. The first-order valence-corrected chi connectivity index (χ1v) is 7.79. The highest BCUT2D eigenvalue weighted by Gasteiger charge is 2.38. The maximum atomic E-state index is 12.7. The summed E-state index contributed by atoms with van der Waals surface area (Å²) in [6, 6.07) is 5.05. The summed E-state index contributed by atoms with van der Waals surface area (Å²) < 4.78 is 10.5. The maximum absolute atomic E-state index is 12.7. The van der Waals surface area contributed by atoms with Gasteiger partial charge in [0.05, 0.1) is 19.6 Å². The van der Waals surface area contributed by atoms with Crippen LogP contribution in [0.3, 0.4) is 0 Å². The van der Waals surface area contributed by atoms with E-state index in [1.54, 1.807) is 14.2 Å². The number of aromatic amines is 1. The molecule has 7 heteroatoms. The predicted octanol–water partition coefficient (Wildman–Crippen LogP) is 0.820. The normalized spacial score (nSPS) is 20.5. The highest BCUT2D eigenvalue weighted by molar-refractivity contribution is 5.92. The number of primary amides is 1. The van der Waals surface area contributed by atoms with Crippen molar-refractivity contribution in [1.82, 2.24) is 9.88 Å². The van der Waals surface area contributed by atoms with Crippen LogP contribution in [0, 0.1) is 0 Å². The van der Waals surface area contributed by atoms with Gasteiger partial charge in [-0.25, -0.2) is 0 Å². The lowest BCUT2D eigenvalue weighted by atomic mass is 10.1. The monoisotopic (exact) mass is 331 g/mol. The van der Waals surface area contributed by atoms with Gasteiger partial charge in [-0.15, -0.1) is 0 Å². The number of carbonyl (C=O) groups is 2. The van der Waals surface area contributed by atoms with E-state index >= 15 is 0 Å². The average Bonchev–Trinajstić information content (AvgIpc) is 3.18. The quantitative estimate of drug-likeness (QED) is 0.847. The molecule has 3 N–H and O–H groups in total. The molecule has 0 unspecified atom stereocenters. The fourth-order valence-electron chi connectivity index (χ4n) is 3.21. The molecule has 1 aliphatic rings. The van der Waals surface area contributed by atoms with Gasteiger partial charge in [0.1, 0.15) is 11.8 Å². The van der Waals surface area contributed by atoms with Gasteiger partial charge in [0, 0.05) is 37.2 Å². The van der Waals surface area contributed by atoms with Gasteiger partial charge in [0.2, 0.25) is 11.8 Å². The SMILES string of the molecule is COc1ccc2[nH]cc(CC(=O)N3C[C@@H](OC)C[C@H]3C(N)=O)c2c1. The summed E-state index contributed by atoms with van der Waals surface area (Å²) in [5.74, 6) is 0.0944. The maximum Gasteiger partial charge on any atom is 0.240 e.